The van der Waals surface area contributed by atoms with E-state index in [1.165, 1.54) is 18.4 Å². The number of carbonyl (C=O) groups is 1. The predicted molar refractivity (Wildman–Crippen MR) is 73.1 cm³/mol. The number of Topliss-reactive ketones (excluding diaryl/α,β-unsaturated/α-hetero) is 1. The van der Waals surface area contributed by atoms with E-state index in [2.05, 4.69) is 4.98 Å². The molecule has 0 amide bonds. The van der Waals surface area contributed by atoms with Crippen LogP contribution in [-0.2, 0) is 0 Å². The molecular formula is C13H14N2O2S. The van der Waals surface area contributed by atoms with Crippen molar-refractivity contribution in [3.63, 3.8) is 0 Å². The third-order valence-electron chi connectivity index (χ3n) is 2.50. The molecule has 0 atom stereocenters. The Hall–Kier alpha value is -1.88. The van der Waals surface area contributed by atoms with Gasteiger partial charge in [-0.1, -0.05) is 19.1 Å². The number of nitrogen functional groups attached to an aromatic ring is 1. The van der Waals surface area contributed by atoms with Gasteiger partial charge in [0.15, 0.2) is 5.78 Å². The van der Waals surface area contributed by atoms with E-state index in [1.807, 2.05) is 31.2 Å². The van der Waals surface area contributed by atoms with Crippen LogP contribution in [0.5, 0.6) is 5.88 Å². The van der Waals surface area contributed by atoms with Gasteiger partial charge < -0.3 is 10.5 Å². The lowest BCUT2D eigenvalue weighted by Crippen LogP contribution is -1.96. The molecule has 0 radical (unpaired) electrons. The van der Waals surface area contributed by atoms with Gasteiger partial charge in [0.05, 0.1) is 7.11 Å². The van der Waals surface area contributed by atoms with Crippen molar-refractivity contribution in [3.05, 3.63) is 29.1 Å². The first-order valence-electron chi connectivity index (χ1n) is 5.59. The third-order valence-corrected chi connectivity index (χ3v) is 3.62. The smallest absolute Gasteiger partial charge is 0.236 e. The lowest BCUT2D eigenvalue weighted by Gasteiger charge is -1.97. The molecule has 0 aliphatic heterocycles. The van der Waals surface area contributed by atoms with Crippen LogP contribution in [0, 0.1) is 0 Å². The van der Waals surface area contributed by atoms with Gasteiger partial charge in [-0.15, -0.1) is 11.3 Å². The molecule has 0 bridgehead atoms. The highest BCUT2D eigenvalue weighted by atomic mass is 32.1. The van der Waals surface area contributed by atoms with Crippen LogP contribution in [0.1, 0.15) is 23.0 Å². The van der Waals surface area contributed by atoms with Crippen LogP contribution in [0.15, 0.2) is 24.3 Å². The van der Waals surface area contributed by atoms with E-state index in [0.29, 0.717) is 22.9 Å². The average molecular weight is 262 g/mol. The Labute approximate surface area is 109 Å². The summed E-state index contributed by atoms with van der Waals surface area (Å²) in [6.07, 6.45) is 0.439. The monoisotopic (exact) mass is 262 g/mol. The number of hydrogen-bond donors (Lipinski definition) is 1. The standard InChI is InChI=1S/C13H14N2O2S/c1-3-10(16)11-12(17-2)15-13(18-11)8-5-4-6-9(14)7-8/h4-7H,3,14H2,1-2H3. The number of ether oxygens (including phenoxy) is 1. The fraction of sp³-hybridized carbons (Fsp3) is 0.231. The van der Waals surface area contributed by atoms with Crippen molar-refractivity contribution >= 4 is 22.8 Å². The van der Waals surface area contributed by atoms with E-state index in [0.717, 1.165) is 10.6 Å². The Bertz CT molecular complexity index is 578. The molecule has 94 valence electrons. The molecule has 0 saturated heterocycles. The van der Waals surface area contributed by atoms with Gasteiger partial charge in [-0.2, -0.15) is 0 Å². The van der Waals surface area contributed by atoms with E-state index in [9.17, 15) is 4.79 Å². The first-order valence-corrected chi connectivity index (χ1v) is 6.41. The average Bonchev–Trinajstić information content (AvgIpc) is 2.82. The van der Waals surface area contributed by atoms with Crippen LogP contribution in [-0.4, -0.2) is 17.9 Å². The number of carbonyl (C=O) groups excluding carboxylic acids is 1. The lowest BCUT2D eigenvalue weighted by molar-refractivity contribution is 0.0989. The SMILES string of the molecule is CCC(=O)c1sc(-c2cccc(N)c2)nc1OC. The second-order valence-corrected chi connectivity index (χ2v) is 4.76. The van der Waals surface area contributed by atoms with Gasteiger partial charge in [0.25, 0.3) is 0 Å². The van der Waals surface area contributed by atoms with Gasteiger partial charge in [0.1, 0.15) is 9.88 Å². The van der Waals surface area contributed by atoms with Crippen LogP contribution in [0.4, 0.5) is 5.69 Å². The molecule has 1 aromatic heterocycles. The lowest BCUT2D eigenvalue weighted by atomic mass is 10.2. The minimum atomic E-state index is 0.0412. The zero-order valence-corrected chi connectivity index (χ0v) is 11.1. The Kier molecular flexibility index (Phi) is 3.62. The molecule has 1 heterocycles. The fourth-order valence-corrected chi connectivity index (χ4v) is 2.62. The Morgan fingerprint density at radius 2 is 2.28 bits per heavy atom. The van der Waals surface area contributed by atoms with Crippen molar-refractivity contribution in [1.82, 2.24) is 4.98 Å². The number of ketones is 1. The normalized spacial score (nSPS) is 10.3. The highest BCUT2D eigenvalue weighted by Gasteiger charge is 2.18. The molecule has 2 N–H and O–H groups in total. The van der Waals surface area contributed by atoms with Crippen molar-refractivity contribution in [2.75, 3.05) is 12.8 Å². The number of hydrogen-bond acceptors (Lipinski definition) is 5. The summed E-state index contributed by atoms with van der Waals surface area (Å²) in [6.45, 7) is 1.82. The zero-order chi connectivity index (χ0) is 13.1. The van der Waals surface area contributed by atoms with Crippen LogP contribution in [0.25, 0.3) is 10.6 Å². The van der Waals surface area contributed by atoms with E-state index in [1.54, 1.807) is 0 Å². The Balaban J connectivity index is 2.47. The molecule has 2 rings (SSSR count). The molecule has 0 saturated carbocycles. The van der Waals surface area contributed by atoms with E-state index in [4.69, 9.17) is 10.5 Å². The molecule has 0 fully saturated rings. The van der Waals surface area contributed by atoms with Gasteiger partial charge in [0, 0.05) is 17.7 Å². The molecule has 0 aliphatic carbocycles. The number of thiazole rings is 1. The highest BCUT2D eigenvalue weighted by molar-refractivity contribution is 7.17. The molecule has 0 unspecified atom stereocenters. The fourth-order valence-electron chi connectivity index (χ4n) is 1.58. The van der Waals surface area contributed by atoms with Crippen molar-refractivity contribution < 1.29 is 9.53 Å². The molecule has 18 heavy (non-hydrogen) atoms. The first kappa shape index (κ1) is 12.6. The maximum absolute atomic E-state index is 11.8. The summed E-state index contributed by atoms with van der Waals surface area (Å²) >= 11 is 1.34. The highest BCUT2D eigenvalue weighted by Crippen LogP contribution is 2.33. The quantitative estimate of drug-likeness (QED) is 0.679. The molecule has 2 aromatic rings. The number of nitrogens with zero attached hydrogens (tertiary/aromatic N) is 1. The second-order valence-electron chi connectivity index (χ2n) is 3.76. The number of nitrogens with two attached hydrogens (primary N) is 1. The summed E-state index contributed by atoms with van der Waals surface area (Å²) in [6, 6.07) is 7.42. The third kappa shape index (κ3) is 2.36. The largest absolute Gasteiger partial charge is 0.480 e. The van der Waals surface area contributed by atoms with Gasteiger partial charge in [-0.05, 0) is 12.1 Å². The summed E-state index contributed by atoms with van der Waals surface area (Å²) in [5.41, 5.74) is 7.31. The first-order chi connectivity index (χ1) is 8.65. The molecule has 4 nitrogen and oxygen atoms in total. The molecular weight excluding hydrogens is 248 g/mol. The van der Waals surface area contributed by atoms with E-state index >= 15 is 0 Å². The maximum Gasteiger partial charge on any atom is 0.236 e. The van der Waals surface area contributed by atoms with Crippen LogP contribution < -0.4 is 10.5 Å². The second kappa shape index (κ2) is 5.18. The van der Waals surface area contributed by atoms with Gasteiger partial charge in [-0.3, -0.25) is 4.79 Å². The summed E-state index contributed by atoms with van der Waals surface area (Å²) in [4.78, 5) is 16.7. The number of aromatic nitrogens is 1. The zero-order valence-electron chi connectivity index (χ0n) is 10.3. The minimum Gasteiger partial charge on any atom is -0.480 e. The molecule has 5 heteroatoms. The summed E-state index contributed by atoms with van der Waals surface area (Å²) in [5.74, 6) is 0.434. The number of benzene rings is 1. The van der Waals surface area contributed by atoms with Gasteiger partial charge >= 0.3 is 0 Å². The topological polar surface area (TPSA) is 65.2 Å². The molecule has 0 spiro atoms. The van der Waals surface area contributed by atoms with Crippen molar-refractivity contribution in [2.24, 2.45) is 0 Å². The van der Waals surface area contributed by atoms with Crippen molar-refractivity contribution in [3.8, 4) is 16.5 Å². The van der Waals surface area contributed by atoms with E-state index in [-0.39, 0.29) is 5.78 Å². The Morgan fingerprint density at radius 1 is 1.50 bits per heavy atom. The number of rotatable bonds is 4. The van der Waals surface area contributed by atoms with Crippen molar-refractivity contribution in [2.45, 2.75) is 13.3 Å². The van der Waals surface area contributed by atoms with Crippen molar-refractivity contribution in [1.29, 1.82) is 0 Å². The molecule has 1 aromatic carbocycles. The Morgan fingerprint density at radius 3 is 2.89 bits per heavy atom. The molecule has 0 aliphatic rings. The maximum atomic E-state index is 11.8. The van der Waals surface area contributed by atoms with Crippen LogP contribution in [0.2, 0.25) is 0 Å². The van der Waals surface area contributed by atoms with E-state index < -0.39 is 0 Å². The van der Waals surface area contributed by atoms with Gasteiger partial charge in [-0.25, -0.2) is 4.98 Å². The number of anilines is 1. The predicted octanol–water partition coefficient (Wildman–Crippen LogP) is 2.99. The summed E-state index contributed by atoms with van der Waals surface area (Å²) in [7, 11) is 1.52. The summed E-state index contributed by atoms with van der Waals surface area (Å²) in [5, 5.41) is 0.746. The summed E-state index contributed by atoms with van der Waals surface area (Å²) < 4.78 is 5.15. The minimum absolute atomic E-state index is 0.0412. The van der Waals surface area contributed by atoms with Crippen LogP contribution >= 0.6 is 11.3 Å². The van der Waals surface area contributed by atoms with Gasteiger partial charge in [0.2, 0.25) is 5.88 Å². The number of methoxy groups -OCH3 is 1. The van der Waals surface area contributed by atoms with Crippen LogP contribution in [0.3, 0.4) is 0 Å².